The van der Waals surface area contributed by atoms with Crippen LogP contribution in [0.25, 0.3) is 0 Å². The fourth-order valence-corrected chi connectivity index (χ4v) is 2.84. The van der Waals surface area contributed by atoms with E-state index < -0.39 is 5.82 Å². The Bertz CT molecular complexity index is 516. The molecular formula is C14H14FNO2. The zero-order valence-corrected chi connectivity index (χ0v) is 10.0. The number of fused-ring (bicyclic) bond motifs is 1. The smallest absolute Gasteiger partial charge is 0.145 e. The summed E-state index contributed by atoms with van der Waals surface area (Å²) in [7, 11) is 0. The Morgan fingerprint density at radius 2 is 2.06 bits per heavy atom. The minimum Gasteiger partial charge on any atom is -0.491 e. The maximum absolute atomic E-state index is 13.9. The van der Waals surface area contributed by atoms with Crippen molar-refractivity contribution in [3.63, 3.8) is 0 Å². The number of hydrogen-bond donors (Lipinski definition) is 0. The highest BCUT2D eigenvalue weighted by Gasteiger charge is 2.28. The molecular weight excluding hydrogens is 233 g/mol. The number of ether oxygens (including phenoxy) is 2. The summed E-state index contributed by atoms with van der Waals surface area (Å²) in [4.78, 5) is 0. The lowest BCUT2D eigenvalue weighted by atomic mass is 9.86. The summed E-state index contributed by atoms with van der Waals surface area (Å²) in [5.74, 6) is 0.343. The first-order valence-corrected chi connectivity index (χ1v) is 6.27. The van der Waals surface area contributed by atoms with E-state index in [4.69, 9.17) is 14.7 Å². The van der Waals surface area contributed by atoms with Gasteiger partial charge < -0.3 is 9.47 Å². The van der Waals surface area contributed by atoms with Gasteiger partial charge in [-0.1, -0.05) is 0 Å². The van der Waals surface area contributed by atoms with Crippen LogP contribution in [0.5, 0.6) is 5.75 Å². The van der Waals surface area contributed by atoms with Crippen molar-refractivity contribution in [2.24, 2.45) is 0 Å². The maximum Gasteiger partial charge on any atom is 0.145 e. The Hall–Kier alpha value is -1.60. The Morgan fingerprint density at radius 3 is 2.78 bits per heavy atom. The average molecular weight is 247 g/mol. The predicted molar refractivity (Wildman–Crippen MR) is 63.1 cm³/mol. The highest BCUT2D eigenvalue weighted by atomic mass is 19.1. The number of halogens is 1. The van der Waals surface area contributed by atoms with E-state index >= 15 is 0 Å². The summed E-state index contributed by atoms with van der Waals surface area (Å²) in [5.41, 5.74) is 2.10. The minimum absolute atomic E-state index is 0.0540. The fraction of sp³-hybridized carbons (Fsp3) is 0.500. The summed E-state index contributed by atoms with van der Waals surface area (Å²) < 4.78 is 24.7. The van der Waals surface area contributed by atoms with Crippen LogP contribution in [-0.4, -0.2) is 19.8 Å². The predicted octanol–water partition coefficient (Wildman–Crippen LogP) is 2.53. The molecule has 1 aromatic rings. The van der Waals surface area contributed by atoms with E-state index in [1.807, 2.05) is 6.07 Å². The van der Waals surface area contributed by atoms with Gasteiger partial charge in [-0.2, -0.15) is 5.26 Å². The van der Waals surface area contributed by atoms with Gasteiger partial charge in [0.25, 0.3) is 0 Å². The topological polar surface area (TPSA) is 42.2 Å². The Morgan fingerprint density at radius 1 is 1.28 bits per heavy atom. The van der Waals surface area contributed by atoms with Crippen molar-refractivity contribution in [1.29, 1.82) is 5.26 Å². The van der Waals surface area contributed by atoms with Crippen LogP contribution in [0.1, 0.15) is 35.4 Å². The molecule has 0 radical (unpaired) electrons. The van der Waals surface area contributed by atoms with Gasteiger partial charge in [-0.3, -0.25) is 0 Å². The minimum atomic E-state index is -0.459. The molecule has 2 aliphatic rings. The van der Waals surface area contributed by atoms with Gasteiger partial charge in [0.1, 0.15) is 23.2 Å². The van der Waals surface area contributed by atoms with Gasteiger partial charge in [0.15, 0.2) is 0 Å². The summed E-state index contributed by atoms with van der Waals surface area (Å²) >= 11 is 0. The van der Waals surface area contributed by atoms with Gasteiger partial charge in [-0.15, -0.1) is 0 Å². The van der Waals surface area contributed by atoms with E-state index in [1.165, 1.54) is 6.07 Å². The van der Waals surface area contributed by atoms with Gasteiger partial charge >= 0.3 is 0 Å². The molecule has 0 amide bonds. The van der Waals surface area contributed by atoms with E-state index in [2.05, 4.69) is 0 Å². The molecule has 1 aromatic carbocycles. The first-order valence-electron chi connectivity index (χ1n) is 6.27. The van der Waals surface area contributed by atoms with Crippen molar-refractivity contribution in [2.75, 3.05) is 19.8 Å². The Kier molecular flexibility index (Phi) is 2.92. The first-order chi connectivity index (χ1) is 8.81. The van der Waals surface area contributed by atoms with E-state index in [1.54, 1.807) is 0 Å². The van der Waals surface area contributed by atoms with E-state index in [0.29, 0.717) is 18.3 Å². The zero-order chi connectivity index (χ0) is 12.5. The number of nitriles is 1. The molecule has 0 bridgehead atoms. The summed E-state index contributed by atoms with van der Waals surface area (Å²) in [6, 6.07) is 3.43. The van der Waals surface area contributed by atoms with Crippen molar-refractivity contribution in [2.45, 2.75) is 25.2 Å². The molecule has 0 unspecified atom stereocenters. The Labute approximate surface area is 105 Å². The molecule has 18 heavy (non-hydrogen) atoms. The molecule has 0 spiro atoms. The van der Waals surface area contributed by atoms with Gasteiger partial charge in [-0.05, 0) is 30.4 Å². The molecule has 3 nitrogen and oxygen atoms in total. The lowest BCUT2D eigenvalue weighted by molar-refractivity contribution is 0.0851. The number of benzene rings is 1. The SMILES string of the molecule is N#Cc1c(F)cc(C2CCOCC2)c2c1OCC2. The molecule has 0 aliphatic carbocycles. The third-order valence-electron chi connectivity index (χ3n) is 3.74. The van der Waals surface area contributed by atoms with Crippen molar-refractivity contribution in [3.8, 4) is 11.8 Å². The van der Waals surface area contributed by atoms with Gasteiger partial charge in [0, 0.05) is 25.2 Å². The molecule has 3 rings (SSSR count). The number of rotatable bonds is 1. The zero-order valence-electron chi connectivity index (χ0n) is 10.0. The third kappa shape index (κ3) is 1.75. The largest absolute Gasteiger partial charge is 0.491 e. The van der Waals surface area contributed by atoms with E-state index in [-0.39, 0.29) is 5.56 Å². The molecule has 0 aromatic heterocycles. The molecule has 94 valence electrons. The van der Waals surface area contributed by atoms with Gasteiger partial charge in [-0.25, -0.2) is 4.39 Å². The first kappa shape index (κ1) is 11.5. The van der Waals surface area contributed by atoms with Crippen LogP contribution in [0, 0.1) is 17.1 Å². The van der Waals surface area contributed by atoms with E-state index in [0.717, 1.165) is 43.6 Å². The fourth-order valence-electron chi connectivity index (χ4n) is 2.84. The van der Waals surface area contributed by atoms with Gasteiger partial charge in [0.05, 0.1) is 6.61 Å². The second-order valence-electron chi connectivity index (χ2n) is 4.73. The lowest BCUT2D eigenvalue weighted by Crippen LogP contribution is -2.15. The monoisotopic (exact) mass is 247 g/mol. The van der Waals surface area contributed by atoms with E-state index in [9.17, 15) is 4.39 Å². The average Bonchev–Trinajstić information content (AvgIpc) is 2.88. The summed E-state index contributed by atoms with van der Waals surface area (Å²) in [6.07, 6.45) is 2.60. The molecule has 1 saturated heterocycles. The highest BCUT2D eigenvalue weighted by Crippen LogP contribution is 2.40. The molecule has 0 N–H and O–H groups in total. The normalized spacial score (nSPS) is 19.1. The number of nitrogens with zero attached hydrogens (tertiary/aromatic N) is 1. The standard InChI is InChI=1S/C14H14FNO2/c15-13-7-11(9-1-4-17-5-2-9)10-3-6-18-14(10)12(13)8-16/h7,9H,1-6H2. The van der Waals surface area contributed by atoms with Crippen molar-refractivity contribution >= 4 is 0 Å². The summed E-state index contributed by atoms with van der Waals surface area (Å²) in [5, 5.41) is 8.99. The van der Waals surface area contributed by atoms with Crippen LogP contribution in [0.4, 0.5) is 4.39 Å². The Balaban J connectivity index is 2.08. The van der Waals surface area contributed by atoms with Crippen molar-refractivity contribution < 1.29 is 13.9 Å². The second kappa shape index (κ2) is 4.58. The van der Waals surface area contributed by atoms with Crippen LogP contribution in [0.3, 0.4) is 0 Å². The van der Waals surface area contributed by atoms with Gasteiger partial charge in [0.2, 0.25) is 0 Å². The molecule has 4 heteroatoms. The van der Waals surface area contributed by atoms with Crippen LogP contribution < -0.4 is 4.74 Å². The van der Waals surface area contributed by atoms with Crippen molar-refractivity contribution in [1.82, 2.24) is 0 Å². The van der Waals surface area contributed by atoms with Crippen LogP contribution in [-0.2, 0) is 11.2 Å². The highest BCUT2D eigenvalue weighted by molar-refractivity contribution is 5.55. The maximum atomic E-state index is 13.9. The molecule has 2 aliphatic heterocycles. The van der Waals surface area contributed by atoms with Crippen molar-refractivity contribution in [3.05, 3.63) is 28.6 Å². The third-order valence-corrected chi connectivity index (χ3v) is 3.74. The summed E-state index contributed by atoms with van der Waals surface area (Å²) in [6.45, 7) is 1.99. The van der Waals surface area contributed by atoms with Crippen LogP contribution in [0.2, 0.25) is 0 Å². The molecule has 1 fully saturated rings. The van der Waals surface area contributed by atoms with Crippen LogP contribution in [0.15, 0.2) is 6.07 Å². The lowest BCUT2D eigenvalue weighted by Gasteiger charge is -2.24. The molecule has 0 atom stereocenters. The molecule has 2 heterocycles. The second-order valence-corrected chi connectivity index (χ2v) is 4.73. The molecule has 0 saturated carbocycles. The number of hydrogen-bond acceptors (Lipinski definition) is 3. The van der Waals surface area contributed by atoms with Crippen LogP contribution >= 0.6 is 0 Å². The quantitative estimate of drug-likeness (QED) is 0.765.